The number of allylic oxidation sites excluding steroid dienone is 16. The molecule has 0 bridgehead atoms. The van der Waals surface area contributed by atoms with Crippen molar-refractivity contribution >= 4 is 39.5 Å². The van der Waals surface area contributed by atoms with E-state index in [1.54, 1.807) is 0 Å². The molecule has 0 amide bonds. The van der Waals surface area contributed by atoms with Gasteiger partial charge in [0.25, 0.3) is 0 Å². The van der Waals surface area contributed by atoms with Gasteiger partial charge in [-0.25, -0.2) is 9.13 Å². The van der Waals surface area contributed by atoms with E-state index < -0.39 is 97.5 Å². The molecule has 0 radical (unpaired) electrons. The molecule has 0 saturated carbocycles. The van der Waals surface area contributed by atoms with E-state index in [4.69, 9.17) is 37.0 Å². The van der Waals surface area contributed by atoms with Crippen LogP contribution in [0.2, 0.25) is 0 Å². The van der Waals surface area contributed by atoms with Crippen molar-refractivity contribution in [2.75, 3.05) is 39.6 Å². The molecule has 5 unspecified atom stereocenters. The van der Waals surface area contributed by atoms with Crippen molar-refractivity contribution in [3.8, 4) is 0 Å². The Bertz CT molecular complexity index is 2350. The van der Waals surface area contributed by atoms with E-state index in [0.717, 1.165) is 186 Å². The molecule has 0 aromatic carbocycles. The van der Waals surface area contributed by atoms with Crippen molar-refractivity contribution in [3.05, 3.63) is 97.2 Å². The van der Waals surface area contributed by atoms with E-state index in [-0.39, 0.29) is 25.7 Å². The summed E-state index contributed by atoms with van der Waals surface area (Å²) in [5.41, 5.74) is 0. The number of carbonyl (C=O) groups is 4. The van der Waals surface area contributed by atoms with Gasteiger partial charge in [0, 0.05) is 25.7 Å². The van der Waals surface area contributed by atoms with E-state index in [2.05, 4.69) is 125 Å². The Labute approximate surface area is 633 Å². The molecule has 0 spiro atoms. The first-order valence-corrected chi connectivity index (χ1v) is 44.5. The van der Waals surface area contributed by atoms with Gasteiger partial charge in [0.1, 0.15) is 19.3 Å². The molecule has 0 fully saturated rings. The maximum atomic E-state index is 13.1. The van der Waals surface area contributed by atoms with Crippen LogP contribution in [0.1, 0.15) is 362 Å². The largest absolute Gasteiger partial charge is 0.472 e. The summed E-state index contributed by atoms with van der Waals surface area (Å²) in [7, 11) is -9.97. The van der Waals surface area contributed by atoms with Crippen molar-refractivity contribution < 1.29 is 80.2 Å². The number of phosphoric acid groups is 2. The highest BCUT2D eigenvalue weighted by Gasteiger charge is 2.30. The molecule has 0 aliphatic carbocycles. The average Bonchev–Trinajstić information content (AvgIpc) is 0.912. The second-order valence-electron chi connectivity index (χ2n) is 27.7. The summed E-state index contributed by atoms with van der Waals surface area (Å²) < 4.78 is 68.7. The Kier molecular flexibility index (Phi) is 74.2. The van der Waals surface area contributed by atoms with Gasteiger partial charge in [-0.3, -0.25) is 37.3 Å². The molecular formula is C85H150O17P2. The number of carbonyl (C=O) groups excluding carboxylic acids is 4. The van der Waals surface area contributed by atoms with Crippen LogP contribution in [0.5, 0.6) is 0 Å². The van der Waals surface area contributed by atoms with Gasteiger partial charge in [-0.05, 0) is 148 Å². The van der Waals surface area contributed by atoms with Crippen LogP contribution in [0.15, 0.2) is 97.2 Å². The van der Waals surface area contributed by atoms with Gasteiger partial charge in [0.15, 0.2) is 12.2 Å². The molecule has 5 atom stereocenters. The van der Waals surface area contributed by atoms with Crippen molar-refractivity contribution in [2.24, 2.45) is 0 Å². The van der Waals surface area contributed by atoms with Gasteiger partial charge >= 0.3 is 39.5 Å². The molecule has 0 rings (SSSR count). The molecule has 0 saturated heterocycles. The molecule has 17 nitrogen and oxygen atoms in total. The quantitative estimate of drug-likeness (QED) is 0.0169. The highest BCUT2D eigenvalue weighted by Crippen LogP contribution is 2.45. The van der Waals surface area contributed by atoms with E-state index in [1.165, 1.54) is 96.3 Å². The molecule has 3 N–H and O–H groups in total. The van der Waals surface area contributed by atoms with E-state index in [1.807, 2.05) is 0 Å². The third-order valence-electron chi connectivity index (χ3n) is 17.5. The van der Waals surface area contributed by atoms with Crippen LogP contribution >= 0.6 is 15.6 Å². The Morgan fingerprint density at radius 2 is 0.500 bits per heavy atom. The standard InChI is InChI=1S/C85H150O17P2/c1-5-9-13-17-21-25-29-33-37-38-39-40-44-46-50-54-58-62-66-70-83(88)96-76-81(102-85(90)72-68-64-60-56-52-48-43-36-32-28-24-20-16-12-8-4)78-100-104(93,94)98-74-79(86)73-97-103(91,92)99-77-80(101-84(89)71-67-63-59-55-51-47-42-35-31-27-23-19-15-11-7-3)75-95-82(87)69-65-61-57-53-49-45-41-34-30-26-22-18-14-10-6-2/h10,14,21-22,25-26,33-37,39-43,79-81,86H,5-9,11-13,15-20,23-24,27-32,38,44-78H2,1-4H3,(H,91,92)(H,93,94)/b14-10-,25-21-,26-22-,37-33-,40-39-,41-34-,42-35-,43-36-. The number of ether oxygens (including phenoxy) is 4. The van der Waals surface area contributed by atoms with Gasteiger partial charge < -0.3 is 33.8 Å². The van der Waals surface area contributed by atoms with E-state index in [0.29, 0.717) is 25.7 Å². The fourth-order valence-electron chi connectivity index (χ4n) is 11.2. The molecule has 104 heavy (non-hydrogen) atoms. The van der Waals surface area contributed by atoms with Gasteiger partial charge in [0.2, 0.25) is 0 Å². The van der Waals surface area contributed by atoms with Gasteiger partial charge in [-0.2, -0.15) is 0 Å². The zero-order chi connectivity index (χ0) is 76.0. The number of unbranched alkanes of at least 4 members (excludes halogenated alkanes) is 36. The van der Waals surface area contributed by atoms with Gasteiger partial charge in [0.05, 0.1) is 26.4 Å². The van der Waals surface area contributed by atoms with Crippen LogP contribution < -0.4 is 0 Å². The third kappa shape index (κ3) is 76.2. The van der Waals surface area contributed by atoms with Crippen LogP contribution in [0.4, 0.5) is 0 Å². The van der Waals surface area contributed by atoms with Crippen LogP contribution in [0.25, 0.3) is 0 Å². The number of esters is 4. The molecule has 0 aliphatic rings. The topological polar surface area (TPSA) is 237 Å². The second-order valence-corrected chi connectivity index (χ2v) is 30.6. The summed E-state index contributed by atoms with van der Waals surface area (Å²) in [6.45, 7) is 4.73. The number of rotatable bonds is 78. The predicted molar refractivity (Wildman–Crippen MR) is 427 cm³/mol. The first-order chi connectivity index (χ1) is 50.7. The summed E-state index contributed by atoms with van der Waals surface area (Å²) in [5, 5.41) is 10.7. The number of hydrogen-bond donors (Lipinski definition) is 3. The van der Waals surface area contributed by atoms with Crippen LogP contribution in [-0.2, 0) is 65.4 Å². The fraction of sp³-hybridized carbons (Fsp3) is 0.765. The maximum Gasteiger partial charge on any atom is 0.472 e. The minimum atomic E-state index is -4.98. The van der Waals surface area contributed by atoms with Crippen molar-refractivity contribution in [1.82, 2.24) is 0 Å². The fourth-order valence-corrected chi connectivity index (χ4v) is 12.8. The highest BCUT2D eigenvalue weighted by atomic mass is 31.2. The molecule has 0 aromatic heterocycles. The number of aliphatic hydroxyl groups excluding tert-OH is 1. The Morgan fingerprint density at radius 3 is 0.798 bits per heavy atom. The lowest BCUT2D eigenvalue weighted by atomic mass is 10.1. The zero-order valence-corrected chi connectivity index (χ0v) is 67.7. The zero-order valence-electron chi connectivity index (χ0n) is 65.9. The predicted octanol–water partition coefficient (Wildman–Crippen LogP) is 24.3. The first kappa shape index (κ1) is 100.0. The second kappa shape index (κ2) is 77.1. The third-order valence-corrected chi connectivity index (χ3v) is 19.4. The summed E-state index contributed by atoms with van der Waals surface area (Å²) in [4.78, 5) is 73.1. The SMILES string of the molecule is CC/C=C\C/C=C\C/C=C\CCCCCCCC(=O)OCC(COP(=O)(O)OCC(O)COP(=O)(O)OCC(COC(=O)CCCCCCCC/C=C\C/C=C\C/C=C\CCCCC)OC(=O)CCCCCCC/C=C\CCCCCCCC)OC(=O)CCCCCCC/C=C\CCCCCCCC. The molecule has 19 heteroatoms. The Balaban J connectivity index is 5.37. The minimum absolute atomic E-state index is 0.0816. The lowest BCUT2D eigenvalue weighted by Crippen LogP contribution is -2.30. The summed E-state index contributed by atoms with van der Waals surface area (Å²) in [6, 6.07) is 0. The molecular weight excluding hydrogens is 1350 g/mol. The van der Waals surface area contributed by atoms with Crippen molar-refractivity contribution in [3.63, 3.8) is 0 Å². The van der Waals surface area contributed by atoms with Crippen LogP contribution in [0, 0.1) is 0 Å². The molecule has 0 aromatic rings. The lowest BCUT2D eigenvalue weighted by molar-refractivity contribution is -0.161. The van der Waals surface area contributed by atoms with Crippen LogP contribution in [-0.4, -0.2) is 96.7 Å². The molecule has 0 aliphatic heterocycles. The van der Waals surface area contributed by atoms with Gasteiger partial charge in [-0.1, -0.05) is 285 Å². The smallest absolute Gasteiger partial charge is 0.462 e. The van der Waals surface area contributed by atoms with Crippen molar-refractivity contribution in [1.29, 1.82) is 0 Å². The highest BCUT2D eigenvalue weighted by molar-refractivity contribution is 7.47. The molecule has 0 heterocycles. The number of hydrogen-bond acceptors (Lipinski definition) is 15. The number of aliphatic hydroxyl groups is 1. The van der Waals surface area contributed by atoms with E-state index in [9.17, 15) is 43.2 Å². The Hall–Kier alpha value is -4.02. The van der Waals surface area contributed by atoms with E-state index >= 15 is 0 Å². The summed E-state index contributed by atoms with van der Waals surface area (Å²) in [6.07, 6.45) is 82.3. The normalized spacial score (nSPS) is 14.3. The number of phosphoric ester groups is 2. The summed E-state index contributed by atoms with van der Waals surface area (Å²) in [5.74, 6) is -2.21. The molecule has 602 valence electrons. The van der Waals surface area contributed by atoms with Crippen LogP contribution in [0.3, 0.4) is 0 Å². The lowest BCUT2D eigenvalue weighted by Gasteiger charge is -2.21. The monoisotopic (exact) mass is 1510 g/mol. The van der Waals surface area contributed by atoms with Gasteiger partial charge in [-0.15, -0.1) is 0 Å². The Morgan fingerprint density at radius 1 is 0.279 bits per heavy atom. The summed E-state index contributed by atoms with van der Waals surface area (Å²) >= 11 is 0. The maximum absolute atomic E-state index is 13.1. The van der Waals surface area contributed by atoms with Crippen molar-refractivity contribution in [2.45, 2.75) is 380 Å². The minimum Gasteiger partial charge on any atom is -0.462 e. The first-order valence-electron chi connectivity index (χ1n) is 41.5. The average molecular weight is 1510 g/mol.